The summed E-state index contributed by atoms with van der Waals surface area (Å²) in [4.78, 5) is 2.22. The zero-order valence-corrected chi connectivity index (χ0v) is 13.2. The highest BCUT2D eigenvalue weighted by molar-refractivity contribution is 5.54. The molecule has 0 saturated heterocycles. The Morgan fingerprint density at radius 1 is 1.14 bits per heavy atom. The molecule has 1 atom stereocenters. The molecule has 0 spiro atoms. The number of benzene rings is 2. The normalized spacial score (nSPS) is 17.0. The Bertz CT molecular complexity index is 631. The van der Waals surface area contributed by atoms with E-state index in [1.165, 1.54) is 40.8 Å². The lowest BCUT2D eigenvalue weighted by molar-refractivity contribution is 0.403. The molecule has 0 amide bonds. The highest BCUT2D eigenvalue weighted by Gasteiger charge is 2.22. The van der Waals surface area contributed by atoms with Crippen LogP contribution >= 0.6 is 0 Å². The molecule has 0 bridgehead atoms. The molecule has 0 heterocycles. The lowest BCUT2D eigenvalue weighted by Gasteiger charge is -2.20. The Balaban J connectivity index is 1.85. The van der Waals surface area contributed by atoms with Crippen molar-refractivity contribution < 1.29 is 0 Å². The number of hydrogen-bond donors (Lipinski definition) is 1. The predicted octanol–water partition coefficient (Wildman–Crippen LogP) is 4.16. The van der Waals surface area contributed by atoms with E-state index in [0.717, 1.165) is 6.54 Å². The van der Waals surface area contributed by atoms with Gasteiger partial charge in [-0.1, -0.05) is 42.0 Å². The van der Waals surface area contributed by atoms with Crippen LogP contribution in [0.5, 0.6) is 0 Å². The van der Waals surface area contributed by atoms with Gasteiger partial charge in [-0.3, -0.25) is 0 Å². The molecule has 0 radical (unpaired) electrons. The van der Waals surface area contributed by atoms with Gasteiger partial charge in [-0.25, -0.2) is 0 Å². The number of hydrogen-bond acceptors (Lipinski definition) is 2. The maximum absolute atomic E-state index is 3.77. The van der Waals surface area contributed by atoms with E-state index in [2.05, 4.69) is 73.7 Å². The lowest BCUT2D eigenvalue weighted by Crippen LogP contribution is -2.14. The molecule has 0 fully saturated rings. The average Bonchev–Trinajstić information content (AvgIpc) is 2.83. The summed E-state index contributed by atoms with van der Waals surface area (Å²) < 4.78 is 0. The summed E-state index contributed by atoms with van der Waals surface area (Å²) in [5.74, 6) is 0. The molecule has 110 valence electrons. The third kappa shape index (κ3) is 3.11. The van der Waals surface area contributed by atoms with Crippen LogP contribution in [-0.4, -0.2) is 19.0 Å². The summed E-state index contributed by atoms with van der Waals surface area (Å²) in [6, 6.07) is 16.0. The standard InChI is InChI=1S/C19H24N2/c1-14-8-9-15-10-11-19(17(15)12-14)20-18-7-5-4-6-16(18)13-21(2)3/h4-9,12,19-20H,10-11,13H2,1-3H3. The smallest absolute Gasteiger partial charge is 0.0519 e. The number of rotatable bonds is 4. The third-order valence-corrected chi connectivity index (χ3v) is 4.21. The third-order valence-electron chi connectivity index (χ3n) is 4.21. The van der Waals surface area contributed by atoms with Crippen LogP contribution < -0.4 is 5.32 Å². The lowest BCUT2D eigenvalue weighted by atomic mass is 10.0. The number of anilines is 1. The molecule has 1 N–H and O–H groups in total. The van der Waals surface area contributed by atoms with Crippen molar-refractivity contribution in [2.75, 3.05) is 19.4 Å². The van der Waals surface area contributed by atoms with Gasteiger partial charge >= 0.3 is 0 Å². The Kier molecular flexibility index (Phi) is 3.98. The minimum absolute atomic E-state index is 0.447. The quantitative estimate of drug-likeness (QED) is 0.905. The van der Waals surface area contributed by atoms with Crippen molar-refractivity contribution in [1.29, 1.82) is 0 Å². The highest BCUT2D eigenvalue weighted by atomic mass is 15.1. The Labute approximate surface area is 127 Å². The SMILES string of the molecule is Cc1ccc2c(c1)C(Nc1ccccc1CN(C)C)CC2. The molecule has 2 nitrogen and oxygen atoms in total. The summed E-state index contributed by atoms with van der Waals surface area (Å²) >= 11 is 0. The van der Waals surface area contributed by atoms with Gasteiger partial charge in [0, 0.05) is 12.2 Å². The van der Waals surface area contributed by atoms with Crippen molar-refractivity contribution in [2.24, 2.45) is 0 Å². The molecule has 1 aliphatic rings. The van der Waals surface area contributed by atoms with Crippen LogP contribution in [0.25, 0.3) is 0 Å². The van der Waals surface area contributed by atoms with Gasteiger partial charge in [-0.2, -0.15) is 0 Å². The topological polar surface area (TPSA) is 15.3 Å². The molecule has 2 heteroatoms. The van der Waals surface area contributed by atoms with Crippen molar-refractivity contribution in [1.82, 2.24) is 4.90 Å². The molecule has 3 rings (SSSR count). The number of fused-ring (bicyclic) bond motifs is 1. The molecule has 1 unspecified atom stereocenters. The van der Waals surface area contributed by atoms with Gasteiger partial charge in [0.05, 0.1) is 6.04 Å². The van der Waals surface area contributed by atoms with Crippen molar-refractivity contribution in [3.8, 4) is 0 Å². The first-order chi connectivity index (χ1) is 10.1. The van der Waals surface area contributed by atoms with Gasteiger partial charge in [-0.05, 0) is 56.6 Å². The van der Waals surface area contributed by atoms with Crippen LogP contribution in [0.15, 0.2) is 42.5 Å². The summed E-state index contributed by atoms with van der Waals surface area (Å²) in [5.41, 5.74) is 6.97. The van der Waals surface area contributed by atoms with Crippen molar-refractivity contribution in [3.63, 3.8) is 0 Å². The first-order valence-corrected chi connectivity index (χ1v) is 7.72. The number of nitrogens with one attached hydrogen (secondary N) is 1. The summed E-state index contributed by atoms with van der Waals surface area (Å²) in [6.45, 7) is 3.15. The van der Waals surface area contributed by atoms with E-state index >= 15 is 0 Å². The van der Waals surface area contributed by atoms with Crippen LogP contribution in [0.4, 0.5) is 5.69 Å². The molecule has 2 aromatic carbocycles. The van der Waals surface area contributed by atoms with E-state index in [-0.39, 0.29) is 0 Å². The maximum atomic E-state index is 3.77. The van der Waals surface area contributed by atoms with Crippen molar-refractivity contribution >= 4 is 5.69 Å². The van der Waals surface area contributed by atoms with Gasteiger partial charge in [0.1, 0.15) is 0 Å². The van der Waals surface area contributed by atoms with Crippen LogP contribution in [0.3, 0.4) is 0 Å². The van der Waals surface area contributed by atoms with E-state index in [4.69, 9.17) is 0 Å². The summed E-state index contributed by atoms with van der Waals surface area (Å²) in [6.07, 6.45) is 2.37. The first kappa shape index (κ1) is 14.2. The molecule has 0 aliphatic heterocycles. The molecule has 1 aliphatic carbocycles. The summed E-state index contributed by atoms with van der Waals surface area (Å²) in [5, 5.41) is 3.77. The predicted molar refractivity (Wildman–Crippen MR) is 89.7 cm³/mol. The molecular formula is C19H24N2. The fraction of sp³-hybridized carbons (Fsp3) is 0.368. The zero-order valence-electron chi connectivity index (χ0n) is 13.2. The molecule has 0 saturated carbocycles. The second-order valence-electron chi connectivity index (χ2n) is 6.33. The van der Waals surface area contributed by atoms with Crippen LogP contribution in [0.2, 0.25) is 0 Å². The van der Waals surface area contributed by atoms with Gasteiger partial charge in [0.15, 0.2) is 0 Å². The zero-order chi connectivity index (χ0) is 14.8. The highest BCUT2D eigenvalue weighted by Crippen LogP contribution is 2.35. The fourth-order valence-electron chi connectivity index (χ4n) is 3.20. The van der Waals surface area contributed by atoms with Gasteiger partial charge in [-0.15, -0.1) is 0 Å². The first-order valence-electron chi connectivity index (χ1n) is 7.72. The number of para-hydroxylation sites is 1. The van der Waals surface area contributed by atoms with E-state index < -0.39 is 0 Å². The monoisotopic (exact) mass is 280 g/mol. The Morgan fingerprint density at radius 3 is 2.76 bits per heavy atom. The van der Waals surface area contributed by atoms with Gasteiger partial charge < -0.3 is 10.2 Å². The van der Waals surface area contributed by atoms with Gasteiger partial charge in [0.25, 0.3) is 0 Å². The Morgan fingerprint density at radius 2 is 1.95 bits per heavy atom. The fourth-order valence-corrected chi connectivity index (χ4v) is 3.20. The molecule has 21 heavy (non-hydrogen) atoms. The van der Waals surface area contributed by atoms with E-state index in [0.29, 0.717) is 6.04 Å². The number of aryl methyl sites for hydroxylation is 2. The minimum atomic E-state index is 0.447. The molecular weight excluding hydrogens is 256 g/mol. The molecule has 0 aromatic heterocycles. The summed E-state index contributed by atoms with van der Waals surface area (Å²) in [7, 11) is 4.23. The van der Waals surface area contributed by atoms with Crippen LogP contribution in [-0.2, 0) is 13.0 Å². The second-order valence-corrected chi connectivity index (χ2v) is 6.33. The second kappa shape index (κ2) is 5.90. The van der Waals surface area contributed by atoms with Crippen LogP contribution in [0.1, 0.15) is 34.7 Å². The number of nitrogens with zero attached hydrogens (tertiary/aromatic N) is 1. The largest absolute Gasteiger partial charge is 0.378 e. The van der Waals surface area contributed by atoms with Crippen molar-refractivity contribution in [2.45, 2.75) is 32.4 Å². The van der Waals surface area contributed by atoms with E-state index in [9.17, 15) is 0 Å². The molecule has 2 aromatic rings. The van der Waals surface area contributed by atoms with E-state index in [1.54, 1.807) is 0 Å². The maximum Gasteiger partial charge on any atom is 0.0519 e. The minimum Gasteiger partial charge on any atom is -0.378 e. The Hall–Kier alpha value is -1.80. The van der Waals surface area contributed by atoms with Crippen molar-refractivity contribution in [3.05, 3.63) is 64.7 Å². The van der Waals surface area contributed by atoms with E-state index in [1.807, 2.05) is 0 Å². The average molecular weight is 280 g/mol. The van der Waals surface area contributed by atoms with Crippen LogP contribution in [0, 0.1) is 6.92 Å². The van der Waals surface area contributed by atoms with Gasteiger partial charge in [0.2, 0.25) is 0 Å².